The number of benzene rings is 2. The van der Waals surface area contributed by atoms with Crippen LogP contribution >= 0.6 is 0 Å². The van der Waals surface area contributed by atoms with Gasteiger partial charge in [-0.05, 0) is 23.1 Å². The smallest absolute Gasteiger partial charge is 0.312 e. The summed E-state index contributed by atoms with van der Waals surface area (Å²) < 4.78 is 32.1. The number of rotatable bonds is 6. The third-order valence-corrected chi connectivity index (χ3v) is 7.61. The first-order chi connectivity index (χ1) is 15.9. The molecule has 10 nitrogen and oxygen atoms in total. The van der Waals surface area contributed by atoms with E-state index in [-0.39, 0.29) is 47.8 Å². The molecule has 0 unspecified atom stereocenters. The van der Waals surface area contributed by atoms with Gasteiger partial charge in [0.15, 0.2) is 5.75 Å². The van der Waals surface area contributed by atoms with Crippen molar-refractivity contribution >= 4 is 27.4 Å². The molecule has 34 heavy (non-hydrogen) atoms. The number of Topliss-reactive ketones (excluding diaryl/α,β-unsaturated/α-hetero) is 1. The zero-order valence-corrected chi connectivity index (χ0v) is 20.3. The molecule has 0 aliphatic carbocycles. The van der Waals surface area contributed by atoms with Crippen molar-refractivity contribution in [1.82, 2.24) is 9.21 Å². The average molecular weight is 490 g/mol. The van der Waals surface area contributed by atoms with E-state index in [9.17, 15) is 28.1 Å². The van der Waals surface area contributed by atoms with Gasteiger partial charge in [0, 0.05) is 37.8 Å². The van der Waals surface area contributed by atoms with Crippen LogP contribution in [0, 0.1) is 10.1 Å². The molecule has 3 rings (SSSR count). The number of hydrogen-bond donors (Lipinski definition) is 0. The van der Waals surface area contributed by atoms with E-state index in [1.165, 1.54) is 24.1 Å². The average Bonchev–Trinajstić information content (AvgIpc) is 2.82. The highest BCUT2D eigenvalue weighted by molar-refractivity contribution is 7.89. The number of piperazine rings is 1. The summed E-state index contributed by atoms with van der Waals surface area (Å²) in [5.74, 6) is -1.39. The van der Waals surface area contributed by atoms with E-state index >= 15 is 0 Å². The van der Waals surface area contributed by atoms with Gasteiger partial charge < -0.3 is 9.64 Å². The molecular formula is C23H27N3O7S. The Hall–Kier alpha value is -3.31. The number of methoxy groups -OCH3 is 1. The topological polar surface area (TPSA) is 127 Å². The fourth-order valence-corrected chi connectivity index (χ4v) is 5.08. The van der Waals surface area contributed by atoms with Gasteiger partial charge in [-0.1, -0.05) is 45.0 Å². The Labute approximate surface area is 198 Å². The van der Waals surface area contributed by atoms with Crippen molar-refractivity contribution < 1.29 is 27.7 Å². The lowest BCUT2D eigenvalue weighted by molar-refractivity contribution is -0.386. The fraction of sp³-hybridized carbons (Fsp3) is 0.391. The molecule has 182 valence electrons. The van der Waals surface area contributed by atoms with Crippen LogP contribution in [0.25, 0.3) is 0 Å². The molecule has 2 aromatic carbocycles. The minimum Gasteiger partial charge on any atom is -0.490 e. The van der Waals surface area contributed by atoms with Crippen LogP contribution in [0.5, 0.6) is 5.75 Å². The number of nitro benzene ring substituents is 1. The van der Waals surface area contributed by atoms with Gasteiger partial charge in [-0.15, -0.1) is 0 Å². The van der Waals surface area contributed by atoms with Gasteiger partial charge in [0.05, 0.1) is 16.9 Å². The molecule has 11 heteroatoms. The third kappa shape index (κ3) is 5.10. The molecule has 0 radical (unpaired) electrons. The Balaban J connectivity index is 1.70. The number of amides is 1. The molecular weight excluding hydrogens is 462 g/mol. The number of hydrogen-bond acceptors (Lipinski definition) is 7. The quantitative estimate of drug-likeness (QED) is 0.264. The van der Waals surface area contributed by atoms with Crippen molar-refractivity contribution in [2.75, 3.05) is 33.3 Å². The maximum atomic E-state index is 13.0. The van der Waals surface area contributed by atoms with Crippen molar-refractivity contribution in [2.45, 2.75) is 31.1 Å². The summed E-state index contributed by atoms with van der Waals surface area (Å²) in [4.78, 5) is 37.0. The number of nitro groups is 1. The summed E-state index contributed by atoms with van der Waals surface area (Å²) in [5, 5.41) is 11.2. The lowest BCUT2D eigenvalue weighted by Gasteiger charge is -2.33. The summed E-state index contributed by atoms with van der Waals surface area (Å²) in [7, 11) is -2.78. The van der Waals surface area contributed by atoms with Crippen LogP contribution in [0.1, 0.15) is 36.7 Å². The zero-order valence-electron chi connectivity index (χ0n) is 19.5. The second-order valence-corrected chi connectivity index (χ2v) is 10.9. The third-order valence-electron chi connectivity index (χ3n) is 5.72. The van der Waals surface area contributed by atoms with Gasteiger partial charge in [0.2, 0.25) is 15.8 Å². The van der Waals surface area contributed by atoms with E-state index in [0.29, 0.717) is 0 Å². The Morgan fingerprint density at radius 2 is 1.59 bits per heavy atom. The highest BCUT2D eigenvalue weighted by Crippen LogP contribution is 2.31. The molecule has 0 spiro atoms. The predicted molar refractivity (Wildman–Crippen MR) is 124 cm³/mol. The first-order valence-electron chi connectivity index (χ1n) is 10.6. The lowest BCUT2D eigenvalue weighted by Crippen LogP contribution is -2.52. The molecule has 2 aromatic rings. The molecule has 0 saturated carbocycles. The monoisotopic (exact) mass is 489 g/mol. The van der Waals surface area contributed by atoms with Crippen LogP contribution in [0.4, 0.5) is 5.69 Å². The van der Waals surface area contributed by atoms with Crippen molar-refractivity contribution in [3.8, 4) is 5.75 Å². The highest BCUT2D eigenvalue weighted by atomic mass is 32.2. The number of carbonyl (C=O) groups is 2. The number of nitrogens with zero attached hydrogens (tertiary/aromatic N) is 3. The molecule has 1 heterocycles. The van der Waals surface area contributed by atoms with Crippen molar-refractivity contribution in [2.24, 2.45) is 0 Å². The molecule has 0 atom stereocenters. The first-order valence-corrected chi connectivity index (χ1v) is 12.1. The van der Waals surface area contributed by atoms with Crippen LogP contribution in [-0.2, 0) is 20.2 Å². The molecule has 1 aliphatic rings. The van der Waals surface area contributed by atoms with Crippen LogP contribution in [-0.4, -0.2) is 67.5 Å². The summed E-state index contributed by atoms with van der Waals surface area (Å²) in [5.41, 5.74) is 0.769. The molecule has 0 bridgehead atoms. The Morgan fingerprint density at radius 3 is 2.09 bits per heavy atom. The SMILES string of the molecule is COc1ccc(S(=O)(=O)N2CCN(C(=O)C(=O)c3ccc(C(C)(C)C)cc3)CC2)cc1[N+](=O)[O-]. The molecule has 0 N–H and O–H groups in total. The van der Waals surface area contributed by atoms with Gasteiger partial charge >= 0.3 is 5.69 Å². The Bertz CT molecular complexity index is 1210. The number of carbonyl (C=O) groups excluding carboxylic acids is 2. The van der Waals surface area contributed by atoms with Crippen molar-refractivity contribution in [3.63, 3.8) is 0 Å². The van der Waals surface area contributed by atoms with Crippen LogP contribution < -0.4 is 4.74 Å². The van der Waals surface area contributed by atoms with Gasteiger partial charge in [0.1, 0.15) is 0 Å². The molecule has 1 saturated heterocycles. The predicted octanol–water partition coefficient (Wildman–Crippen LogP) is 2.62. The maximum Gasteiger partial charge on any atom is 0.312 e. The van der Waals surface area contributed by atoms with Crippen molar-refractivity contribution in [3.05, 3.63) is 63.7 Å². The number of ether oxygens (including phenoxy) is 1. The van der Waals surface area contributed by atoms with E-state index in [1.807, 2.05) is 32.9 Å². The first kappa shape index (κ1) is 25.3. The molecule has 0 aromatic heterocycles. The van der Waals surface area contributed by atoms with E-state index in [0.717, 1.165) is 15.9 Å². The highest BCUT2D eigenvalue weighted by Gasteiger charge is 2.33. The van der Waals surface area contributed by atoms with Gasteiger partial charge in [-0.3, -0.25) is 19.7 Å². The van der Waals surface area contributed by atoms with E-state index in [1.54, 1.807) is 12.1 Å². The Morgan fingerprint density at radius 1 is 1.00 bits per heavy atom. The Kier molecular flexibility index (Phi) is 7.08. The van der Waals surface area contributed by atoms with E-state index in [2.05, 4.69) is 0 Å². The minimum absolute atomic E-state index is 0.0299. The van der Waals surface area contributed by atoms with Crippen LogP contribution in [0.2, 0.25) is 0 Å². The second kappa shape index (κ2) is 9.51. The number of ketones is 1. The van der Waals surface area contributed by atoms with Gasteiger partial charge in [-0.25, -0.2) is 8.42 Å². The minimum atomic E-state index is -4.03. The zero-order chi connectivity index (χ0) is 25.3. The molecule has 1 fully saturated rings. The fourth-order valence-electron chi connectivity index (χ4n) is 3.64. The van der Waals surface area contributed by atoms with Gasteiger partial charge in [0.25, 0.3) is 5.91 Å². The summed E-state index contributed by atoms with van der Waals surface area (Å²) in [6, 6.07) is 10.3. The largest absolute Gasteiger partial charge is 0.490 e. The maximum absolute atomic E-state index is 13.0. The lowest BCUT2D eigenvalue weighted by atomic mass is 9.86. The normalized spacial score (nSPS) is 15.1. The number of sulfonamides is 1. The standard InChI is InChI=1S/C23H27N3O7S/c1-23(2,3)17-7-5-16(6-8-17)21(27)22(28)24-11-13-25(14-12-24)34(31,32)18-9-10-20(33-4)19(15-18)26(29)30/h5-10,15H,11-14H2,1-4H3. The van der Waals surface area contributed by atoms with Gasteiger partial charge in [-0.2, -0.15) is 4.31 Å². The van der Waals surface area contributed by atoms with Crippen LogP contribution in [0.15, 0.2) is 47.4 Å². The second-order valence-electron chi connectivity index (χ2n) is 8.94. The molecule has 1 amide bonds. The summed E-state index contributed by atoms with van der Waals surface area (Å²) in [6.45, 7) is 6.13. The van der Waals surface area contributed by atoms with Crippen molar-refractivity contribution in [1.29, 1.82) is 0 Å². The molecule has 1 aliphatic heterocycles. The summed E-state index contributed by atoms with van der Waals surface area (Å²) >= 11 is 0. The summed E-state index contributed by atoms with van der Waals surface area (Å²) in [6.07, 6.45) is 0. The van der Waals surface area contributed by atoms with E-state index in [4.69, 9.17) is 4.74 Å². The van der Waals surface area contributed by atoms with Crippen LogP contribution in [0.3, 0.4) is 0 Å². The van der Waals surface area contributed by atoms with E-state index < -0.39 is 32.3 Å².